The third-order valence-corrected chi connectivity index (χ3v) is 16.8. The second kappa shape index (κ2) is 11.2. The molecule has 1 nitrogen and oxygen atoms in total. The Morgan fingerprint density at radius 2 is 0.918 bits per heavy atom. The summed E-state index contributed by atoms with van der Waals surface area (Å²) in [7, 11) is -2.61. The van der Waals surface area contributed by atoms with Gasteiger partial charge < -0.3 is 4.90 Å². The van der Waals surface area contributed by atoms with Crippen LogP contribution in [0, 0.1) is 0 Å². The van der Waals surface area contributed by atoms with Gasteiger partial charge in [-0.05, 0) is 102 Å². The molecule has 0 saturated carbocycles. The van der Waals surface area contributed by atoms with Crippen molar-refractivity contribution < 1.29 is 0 Å². The van der Waals surface area contributed by atoms with Gasteiger partial charge in [-0.1, -0.05) is 151 Å². The van der Waals surface area contributed by atoms with Gasteiger partial charge in [-0.3, -0.25) is 0 Å². The lowest BCUT2D eigenvalue weighted by Gasteiger charge is -2.38. The van der Waals surface area contributed by atoms with E-state index in [0.717, 1.165) is 11.4 Å². The molecule has 0 aromatic heterocycles. The first kappa shape index (κ1) is 28.4. The molecule has 0 atom stereocenters. The molecule has 8 aromatic carbocycles. The van der Waals surface area contributed by atoms with E-state index in [0.29, 0.717) is 0 Å². The molecule has 2 aliphatic rings. The molecule has 0 aliphatic carbocycles. The zero-order valence-corrected chi connectivity index (χ0v) is 28.6. The van der Waals surface area contributed by atoms with Crippen molar-refractivity contribution in [2.45, 2.75) is 9.79 Å². The SMILES string of the molecule is c1ccc(N(c2ccc(-c3cccc4ccccc34)cc2)c2ccc3c(c2)[Si]2(c4ccccc4S3)c3ccccc3-c3ccccc32)cc1. The number of fused-ring (bicyclic) bond motifs is 10. The quantitative estimate of drug-likeness (QED) is 0.173. The van der Waals surface area contributed by atoms with Crippen molar-refractivity contribution >= 4 is 68.4 Å². The summed E-state index contributed by atoms with van der Waals surface area (Å²) in [6, 6.07) is 69.9. The maximum Gasteiger partial charge on any atom is 0.183 e. The molecule has 230 valence electrons. The monoisotopic (exact) mass is 657 g/mol. The third-order valence-electron chi connectivity index (χ3n) is 10.3. The zero-order chi connectivity index (χ0) is 32.4. The second-order valence-electron chi connectivity index (χ2n) is 12.9. The van der Waals surface area contributed by atoms with Crippen LogP contribution in [0.1, 0.15) is 0 Å². The first-order valence-electron chi connectivity index (χ1n) is 16.9. The lowest BCUT2D eigenvalue weighted by atomic mass is 9.98. The Labute approximate surface area is 292 Å². The van der Waals surface area contributed by atoms with Gasteiger partial charge in [0.05, 0.1) is 0 Å². The Morgan fingerprint density at radius 3 is 1.69 bits per heavy atom. The summed E-state index contributed by atoms with van der Waals surface area (Å²) < 4.78 is 0. The molecule has 8 aromatic rings. The van der Waals surface area contributed by atoms with E-state index in [1.165, 1.54) is 69.3 Å². The fourth-order valence-electron chi connectivity index (χ4n) is 8.27. The number of benzene rings is 8. The fourth-order valence-corrected chi connectivity index (χ4v) is 15.7. The van der Waals surface area contributed by atoms with Gasteiger partial charge in [0.2, 0.25) is 0 Å². The normalized spacial score (nSPS) is 13.4. The Bertz CT molecular complexity index is 2490. The first-order chi connectivity index (χ1) is 24.3. The van der Waals surface area contributed by atoms with E-state index < -0.39 is 8.07 Å². The fraction of sp³-hybridized carbons (Fsp3) is 0. The molecular weight excluding hydrogens is 627 g/mol. The van der Waals surface area contributed by atoms with Crippen molar-refractivity contribution in [3.8, 4) is 22.3 Å². The molecule has 0 unspecified atom stereocenters. The van der Waals surface area contributed by atoms with Gasteiger partial charge in [-0.25, -0.2) is 0 Å². The average molecular weight is 658 g/mol. The molecule has 1 spiro atoms. The molecular formula is C46H31NSSi. The Kier molecular flexibility index (Phi) is 6.51. The highest BCUT2D eigenvalue weighted by Gasteiger charge is 2.52. The summed E-state index contributed by atoms with van der Waals surface area (Å²) in [4.78, 5) is 5.16. The highest BCUT2D eigenvalue weighted by Crippen LogP contribution is 2.41. The maximum absolute atomic E-state index is 2.61. The molecule has 0 radical (unpaired) electrons. The van der Waals surface area contributed by atoms with Crippen molar-refractivity contribution in [1.29, 1.82) is 0 Å². The minimum absolute atomic E-state index is 1.14. The molecule has 0 saturated heterocycles. The molecule has 3 heteroatoms. The lowest BCUT2D eigenvalue weighted by Crippen LogP contribution is -2.74. The van der Waals surface area contributed by atoms with Crippen LogP contribution in [0.2, 0.25) is 0 Å². The smallest absolute Gasteiger partial charge is 0.183 e. The van der Waals surface area contributed by atoms with E-state index in [2.05, 4.69) is 193 Å². The van der Waals surface area contributed by atoms with Crippen LogP contribution in [0.25, 0.3) is 33.0 Å². The van der Waals surface area contributed by atoms with Crippen LogP contribution in [-0.2, 0) is 0 Å². The minimum Gasteiger partial charge on any atom is -0.311 e. The molecule has 2 heterocycles. The number of nitrogens with zero attached hydrogens (tertiary/aromatic N) is 1. The van der Waals surface area contributed by atoms with Crippen LogP contribution in [0.15, 0.2) is 198 Å². The Hall–Kier alpha value is -5.61. The highest BCUT2D eigenvalue weighted by molar-refractivity contribution is 8.00. The van der Waals surface area contributed by atoms with E-state index in [9.17, 15) is 0 Å². The predicted octanol–water partition coefficient (Wildman–Crippen LogP) is 9.80. The highest BCUT2D eigenvalue weighted by atomic mass is 32.2. The molecule has 2 aliphatic heterocycles. The summed E-state index contributed by atoms with van der Waals surface area (Å²) in [5.41, 5.74) is 8.70. The van der Waals surface area contributed by atoms with Crippen LogP contribution in [0.5, 0.6) is 0 Å². The third kappa shape index (κ3) is 4.26. The van der Waals surface area contributed by atoms with Crippen molar-refractivity contribution in [2.75, 3.05) is 4.90 Å². The van der Waals surface area contributed by atoms with Crippen molar-refractivity contribution in [1.82, 2.24) is 0 Å². The summed E-state index contributed by atoms with van der Waals surface area (Å²) in [6.07, 6.45) is 0. The van der Waals surface area contributed by atoms with Crippen LogP contribution in [-0.4, -0.2) is 8.07 Å². The molecule has 0 bridgehead atoms. The van der Waals surface area contributed by atoms with E-state index in [-0.39, 0.29) is 0 Å². The molecule has 49 heavy (non-hydrogen) atoms. The number of anilines is 3. The van der Waals surface area contributed by atoms with Crippen LogP contribution in [0.4, 0.5) is 17.1 Å². The number of hydrogen-bond donors (Lipinski definition) is 0. The molecule has 0 amide bonds. The van der Waals surface area contributed by atoms with Gasteiger partial charge in [0.15, 0.2) is 8.07 Å². The Balaban J connectivity index is 1.18. The van der Waals surface area contributed by atoms with Gasteiger partial charge in [-0.2, -0.15) is 0 Å². The molecule has 10 rings (SSSR count). The standard InChI is InChI=1S/C46H31NSSi/c1-2-15-34(16-3-1)47(35-27-25-33(26-28-35)38-20-12-14-32-13-4-5-17-37(32)38)36-29-30-42-46(31-36)49(45-24-11-8-21-41(45)48-42)43-22-9-6-18-39(43)40-19-7-10-23-44(40)49/h1-31H. The second-order valence-corrected chi connectivity index (χ2v) is 17.6. The van der Waals surface area contributed by atoms with Gasteiger partial charge in [-0.15, -0.1) is 0 Å². The maximum atomic E-state index is 2.52. The van der Waals surface area contributed by atoms with Gasteiger partial charge in [0.25, 0.3) is 0 Å². The summed E-state index contributed by atoms with van der Waals surface area (Å²) in [5.74, 6) is 0. The predicted molar refractivity (Wildman–Crippen MR) is 211 cm³/mol. The summed E-state index contributed by atoms with van der Waals surface area (Å²) >= 11 is 1.92. The molecule has 0 fully saturated rings. The van der Waals surface area contributed by atoms with Crippen molar-refractivity contribution in [3.05, 3.63) is 188 Å². The lowest BCUT2D eigenvalue weighted by molar-refractivity contribution is 1.27. The molecule has 0 N–H and O–H groups in total. The van der Waals surface area contributed by atoms with E-state index >= 15 is 0 Å². The van der Waals surface area contributed by atoms with E-state index in [1.807, 2.05) is 11.8 Å². The summed E-state index contributed by atoms with van der Waals surface area (Å²) in [5, 5.41) is 8.49. The zero-order valence-electron chi connectivity index (χ0n) is 26.8. The van der Waals surface area contributed by atoms with Gasteiger partial charge in [0.1, 0.15) is 0 Å². The van der Waals surface area contributed by atoms with Gasteiger partial charge in [0, 0.05) is 26.9 Å². The van der Waals surface area contributed by atoms with Crippen molar-refractivity contribution in [3.63, 3.8) is 0 Å². The summed E-state index contributed by atoms with van der Waals surface area (Å²) in [6.45, 7) is 0. The first-order valence-corrected chi connectivity index (χ1v) is 19.7. The van der Waals surface area contributed by atoms with Crippen LogP contribution < -0.4 is 25.6 Å². The van der Waals surface area contributed by atoms with E-state index in [1.54, 1.807) is 0 Å². The number of hydrogen-bond acceptors (Lipinski definition) is 2. The largest absolute Gasteiger partial charge is 0.311 e. The number of rotatable bonds is 4. The average Bonchev–Trinajstić information content (AvgIpc) is 3.46. The van der Waals surface area contributed by atoms with Gasteiger partial charge >= 0.3 is 0 Å². The van der Waals surface area contributed by atoms with Crippen molar-refractivity contribution in [2.24, 2.45) is 0 Å². The topological polar surface area (TPSA) is 3.24 Å². The number of para-hydroxylation sites is 1. The van der Waals surface area contributed by atoms with E-state index in [4.69, 9.17) is 0 Å². The van der Waals surface area contributed by atoms with Crippen LogP contribution >= 0.6 is 11.8 Å². The Morgan fingerprint density at radius 1 is 0.367 bits per heavy atom. The minimum atomic E-state index is -2.61. The van der Waals surface area contributed by atoms with Crippen LogP contribution in [0.3, 0.4) is 0 Å².